The summed E-state index contributed by atoms with van der Waals surface area (Å²) in [5.41, 5.74) is 7.32. The van der Waals surface area contributed by atoms with Crippen LogP contribution >= 0.6 is 0 Å². The van der Waals surface area contributed by atoms with E-state index in [-0.39, 0.29) is 0 Å². The Morgan fingerprint density at radius 1 is 1.00 bits per heavy atom. The summed E-state index contributed by atoms with van der Waals surface area (Å²) in [4.78, 5) is 0. The van der Waals surface area contributed by atoms with Crippen LogP contribution in [0.15, 0.2) is 0 Å². The number of rotatable bonds is 1. The summed E-state index contributed by atoms with van der Waals surface area (Å²) in [5, 5.41) is 0. The number of hydrogen-bond acceptors (Lipinski definition) is 0. The van der Waals surface area contributed by atoms with Gasteiger partial charge in [-0.15, -0.1) is 0 Å². The van der Waals surface area contributed by atoms with Gasteiger partial charge in [0.05, 0.1) is 0 Å². The Balaban J connectivity index is 4.32. The van der Waals surface area contributed by atoms with Crippen LogP contribution in [0.3, 0.4) is 0 Å². The van der Waals surface area contributed by atoms with Gasteiger partial charge in [-0.25, -0.2) is 0 Å². The molecule has 0 amide bonds. The topological polar surface area (TPSA) is 0 Å². The molecule has 0 radical (unpaired) electrons. The molecule has 0 nitrogen and oxygen atoms in total. The van der Waals surface area contributed by atoms with Gasteiger partial charge in [0, 0.05) is 0 Å². The summed E-state index contributed by atoms with van der Waals surface area (Å²) in [7, 11) is -0.841. The Morgan fingerprint density at radius 3 is 1.33 bits per heavy atom. The molecule has 0 spiro atoms. The van der Waals surface area contributed by atoms with Crippen molar-refractivity contribution in [1.29, 1.82) is 0 Å². The SMILES string of the molecule is C[Si](C)(C)C=[As](C)(C)C. The van der Waals surface area contributed by atoms with Gasteiger partial charge < -0.3 is 0 Å². The van der Waals surface area contributed by atoms with E-state index in [0.29, 0.717) is 0 Å². The zero-order chi connectivity index (χ0) is 7.71. The molecule has 0 N–H and O–H groups in total. The van der Waals surface area contributed by atoms with Crippen LogP contribution in [0.1, 0.15) is 0 Å². The fraction of sp³-hybridized carbons (Fsp3) is 0.857. The first-order chi connectivity index (χ1) is 3.71. The summed E-state index contributed by atoms with van der Waals surface area (Å²) >= 11 is -1.16. The van der Waals surface area contributed by atoms with Crippen molar-refractivity contribution in [2.75, 3.05) is 0 Å². The molecule has 9 heavy (non-hydrogen) atoms. The van der Waals surface area contributed by atoms with Crippen LogP contribution in [-0.2, 0) is 0 Å². The van der Waals surface area contributed by atoms with Crippen molar-refractivity contribution in [3.8, 4) is 0 Å². The average Bonchev–Trinajstić information content (AvgIpc) is 1.14. The summed E-state index contributed by atoms with van der Waals surface area (Å²) in [6.45, 7) is 7.25. The molecule has 0 aliphatic carbocycles. The van der Waals surface area contributed by atoms with E-state index in [0.717, 1.165) is 0 Å². The summed E-state index contributed by atoms with van der Waals surface area (Å²) in [6, 6.07) is 0. The fourth-order valence-electron chi connectivity index (χ4n) is 1.16. The van der Waals surface area contributed by atoms with Crippen LogP contribution < -0.4 is 0 Å². The fourth-order valence-corrected chi connectivity index (χ4v) is 18.1. The van der Waals surface area contributed by atoms with Gasteiger partial charge in [0.1, 0.15) is 0 Å². The van der Waals surface area contributed by atoms with Crippen LogP contribution in [0.2, 0.25) is 36.8 Å². The second-order valence-corrected chi connectivity index (χ2v) is 20.1. The molecule has 0 aliphatic heterocycles. The van der Waals surface area contributed by atoms with Gasteiger partial charge in [0.15, 0.2) is 0 Å². The molecule has 0 heterocycles. The van der Waals surface area contributed by atoms with Gasteiger partial charge in [-0.1, -0.05) is 0 Å². The van der Waals surface area contributed by atoms with Crippen molar-refractivity contribution in [1.82, 2.24) is 0 Å². The Hall–Kier alpha value is 0.645. The zero-order valence-electron chi connectivity index (χ0n) is 7.52. The van der Waals surface area contributed by atoms with Gasteiger partial charge in [0.25, 0.3) is 0 Å². The second kappa shape index (κ2) is 2.71. The molecule has 0 saturated carbocycles. The normalized spacial score (nSPS) is 13.6. The third kappa shape index (κ3) is 8.65. The van der Waals surface area contributed by atoms with Crippen LogP contribution in [0.25, 0.3) is 0 Å². The van der Waals surface area contributed by atoms with Gasteiger partial charge in [-0.3, -0.25) is 0 Å². The maximum atomic E-state index is 2.69. The molecule has 0 saturated heterocycles. The summed E-state index contributed by atoms with van der Waals surface area (Å²) < 4.78 is 2.69. The van der Waals surface area contributed by atoms with E-state index in [2.05, 4.69) is 41.2 Å². The summed E-state index contributed by atoms with van der Waals surface area (Å²) in [5.74, 6) is 0. The van der Waals surface area contributed by atoms with Crippen LogP contribution in [0, 0.1) is 0 Å². The first-order valence-electron chi connectivity index (χ1n) is 3.39. The number of hydrogen-bond donors (Lipinski definition) is 0. The minimum absolute atomic E-state index is 0.841. The van der Waals surface area contributed by atoms with Crippen molar-refractivity contribution in [3.63, 3.8) is 0 Å². The van der Waals surface area contributed by atoms with Gasteiger partial charge in [-0.2, -0.15) is 0 Å². The van der Waals surface area contributed by atoms with E-state index >= 15 is 0 Å². The predicted octanol–water partition coefficient (Wildman–Crippen LogP) is 2.59. The van der Waals surface area contributed by atoms with E-state index in [4.69, 9.17) is 0 Å². The van der Waals surface area contributed by atoms with Gasteiger partial charge >= 0.3 is 62.4 Å². The van der Waals surface area contributed by atoms with E-state index in [1.165, 1.54) is 0 Å². The molecule has 0 unspecified atom stereocenters. The van der Waals surface area contributed by atoms with Crippen LogP contribution in [-0.4, -0.2) is 25.6 Å². The Kier molecular flexibility index (Phi) is 2.91. The third-order valence-corrected chi connectivity index (χ3v) is 12.1. The van der Waals surface area contributed by atoms with Crippen LogP contribution in [0.4, 0.5) is 0 Å². The monoisotopic (exact) mass is 206 g/mol. The van der Waals surface area contributed by atoms with E-state index < -0.39 is 21.2 Å². The molecule has 0 atom stereocenters. The van der Waals surface area contributed by atoms with Crippen molar-refractivity contribution in [2.24, 2.45) is 0 Å². The molecule has 0 aromatic rings. The molecular weight excluding hydrogens is 187 g/mol. The van der Waals surface area contributed by atoms with E-state index in [1.807, 2.05) is 0 Å². The first kappa shape index (κ1) is 9.65. The molecule has 0 aliphatic rings. The third-order valence-electron chi connectivity index (χ3n) is 0.775. The van der Waals surface area contributed by atoms with Crippen molar-refractivity contribution >= 4 is 25.6 Å². The second-order valence-electron chi connectivity index (χ2n) is 4.61. The van der Waals surface area contributed by atoms with Gasteiger partial charge in [-0.05, 0) is 0 Å². The average molecular weight is 206 g/mol. The molecule has 2 heteroatoms. The Labute approximate surface area is 62.7 Å². The van der Waals surface area contributed by atoms with Gasteiger partial charge in [0.2, 0.25) is 0 Å². The standard InChI is InChI=1S/C7H19AsSi/c1-8(2,3)7-9(4,5)6/h7H,1-6H3. The maximum absolute atomic E-state index is 2.69. The first-order valence-corrected chi connectivity index (χ1v) is 13.7. The molecule has 0 bridgehead atoms. The molecule has 0 fully saturated rings. The van der Waals surface area contributed by atoms with Crippen LogP contribution in [0.5, 0.6) is 0 Å². The molecular formula is C7H19AsSi. The predicted molar refractivity (Wildman–Crippen MR) is 52.8 cm³/mol. The summed E-state index contributed by atoms with van der Waals surface area (Å²) in [6.07, 6.45) is 0. The van der Waals surface area contributed by atoms with Crippen molar-refractivity contribution < 1.29 is 0 Å². The van der Waals surface area contributed by atoms with Crippen molar-refractivity contribution in [2.45, 2.75) is 36.8 Å². The zero-order valence-corrected chi connectivity index (χ0v) is 10.4. The Morgan fingerprint density at radius 2 is 1.33 bits per heavy atom. The molecule has 56 valence electrons. The molecule has 0 aromatic carbocycles. The minimum atomic E-state index is -1.16. The van der Waals surface area contributed by atoms with E-state index in [9.17, 15) is 0 Å². The molecule has 0 aromatic heterocycles. The Bertz CT molecular complexity index is 127. The van der Waals surface area contributed by atoms with Crippen molar-refractivity contribution in [3.05, 3.63) is 0 Å². The van der Waals surface area contributed by atoms with E-state index in [1.54, 1.807) is 0 Å². The molecule has 0 rings (SSSR count). The quantitative estimate of drug-likeness (QED) is 0.578.